The first kappa shape index (κ1) is 35.4. The lowest BCUT2D eigenvalue weighted by atomic mass is 10.1. The second-order valence-corrected chi connectivity index (χ2v) is 10.6. The van der Waals surface area contributed by atoms with Gasteiger partial charge in [0, 0.05) is 34.6 Å². The predicted octanol–water partition coefficient (Wildman–Crippen LogP) is 6.50. The molecule has 0 aliphatic rings. The Morgan fingerprint density at radius 2 is 1.16 bits per heavy atom. The molecule has 0 amide bonds. The van der Waals surface area contributed by atoms with Gasteiger partial charge < -0.3 is 29.5 Å². The standard InChI is InChI=1S/C23H19N3O3.C15H14N2O3/c1-16-23(29-14-18-3-7-20(25-2)8-4-18)22(13-27)19(12-26-16)15-28-21-9-5-17(11-24)6-10-21;1-10-15(19)14(8-18)12(7-17-10)9-20-13-4-2-11(6-16)3-5-13/h3-10,12,27H,13-15H2,1H3;2-5,7,18-19H,8-9H2,1H3. The van der Waals surface area contributed by atoms with Gasteiger partial charge in [-0.1, -0.05) is 24.3 Å². The average Bonchev–Trinajstić information content (AvgIpc) is 3.15. The van der Waals surface area contributed by atoms with E-state index in [0.717, 1.165) is 11.1 Å². The van der Waals surface area contributed by atoms with Crippen LogP contribution in [0.2, 0.25) is 0 Å². The number of aliphatic hydroxyl groups is 2. The summed E-state index contributed by atoms with van der Waals surface area (Å²) in [5.74, 6) is 1.75. The van der Waals surface area contributed by atoms with Crippen LogP contribution in [0.15, 0.2) is 85.2 Å². The fraction of sp³-hybridized carbons (Fsp3) is 0.184. The van der Waals surface area contributed by atoms with Crippen molar-refractivity contribution in [2.24, 2.45) is 0 Å². The molecule has 0 fully saturated rings. The third-order valence-electron chi connectivity index (χ3n) is 7.35. The second kappa shape index (κ2) is 17.5. The maximum absolute atomic E-state index is 9.92. The maximum atomic E-state index is 9.92. The number of nitrogens with zero attached hydrogens (tertiary/aromatic N) is 5. The van der Waals surface area contributed by atoms with Crippen LogP contribution in [-0.2, 0) is 33.0 Å². The van der Waals surface area contributed by atoms with Crippen LogP contribution in [0.5, 0.6) is 23.0 Å². The van der Waals surface area contributed by atoms with Gasteiger partial charge in [-0.2, -0.15) is 10.5 Å². The molecule has 11 heteroatoms. The van der Waals surface area contributed by atoms with Crippen LogP contribution >= 0.6 is 0 Å². The molecule has 0 saturated carbocycles. The Balaban J connectivity index is 0.000000237. The summed E-state index contributed by atoms with van der Waals surface area (Å²) in [6.07, 6.45) is 3.24. The number of aromatic nitrogens is 2. The normalized spacial score (nSPS) is 10.1. The monoisotopic (exact) mass is 655 g/mol. The van der Waals surface area contributed by atoms with Crippen molar-refractivity contribution in [1.82, 2.24) is 9.97 Å². The smallest absolute Gasteiger partial charge is 0.187 e. The molecule has 0 bridgehead atoms. The van der Waals surface area contributed by atoms with E-state index in [0.29, 0.717) is 68.7 Å². The number of aryl methyl sites for hydroxylation is 2. The quantitative estimate of drug-likeness (QED) is 0.134. The fourth-order valence-electron chi connectivity index (χ4n) is 4.55. The van der Waals surface area contributed by atoms with Gasteiger partial charge in [0.25, 0.3) is 0 Å². The number of ether oxygens (including phenoxy) is 3. The number of rotatable bonds is 11. The van der Waals surface area contributed by atoms with E-state index in [1.54, 1.807) is 80.0 Å². The van der Waals surface area contributed by atoms with Crippen molar-refractivity contribution >= 4 is 5.69 Å². The Bertz CT molecular complexity index is 1990. The van der Waals surface area contributed by atoms with Gasteiger partial charge in [-0.3, -0.25) is 9.97 Å². The summed E-state index contributed by atoms with van der Waals surface area (Å²) in [7, 11) is 0. The molecular formula is C38H33N5O6. The summed E-state index contributed by atoms with van der Waals surface area (Å²) in [4.78, 5) is 11.8. The van der Waals surface area contributed by atoms with Crippen molar-refractivity contribution in [3.63, 3.8) is 0 Å². The summed E-state index contributed by atoms with van der Waals surface area (Å²) in [5.41, 5.74) is 6.15. The molecule has 0 saturated heterocycles. The van der Waals surface area contributed by atoms with Crippen molar-refractivity contribution in [1.29, 1.82) is 10.5 Å². The van der Waals surface area contributed by atoms with Crippen LogP contribution < -0.4 is 14.2 Å². The van der Waals surface area contributed by atoms with Crippen molar-refractivity contribution < 1.29 is 29.5 Å². The van der Waals surface area contributed by atoms with Crippen LogP contribution in [0.4, 0.5) is 5.69 Å². The number of hydrogen-bond donors (Lipinski definition) is 3. The lowest BCUT2D eigenvalue weighted by molar-refractivity contribution is 0.247. The first-order valence-corrected chi connectivity index (χ1v) is 15.0. The third-order valence-corrected chi connectivity index (χ3v) is 7.35. The Labute approximate surface area is 284 Å². The van der Waals surface area contributed by atoms with E-state index in [2.05, 4.69) is 20.9 Å². The van der Waals surface area contributed by atoms with E-state index in [1.165, 1.54) is 0 Å². The summed E-state index contributed by atoms with van der Waals surface area (Å²) >= 11 is 0. The van der Waals surface area contributed by atoms with E-state index in [1.807, 2.05) is 25.1 Å². The molecule has 5 aromatic rings. The summed E-state index contributed by atoms with van der Waals surface area (Å²) in [5, 5.41) is 46.6. The van der Waals surface area contributed by atoms with Crippen molar-refractivity contribution in [3.05, 3.63) is 147 Å². The molecule has 2 heterocycles. The molecule has 3 aromatic carbocycles. The van der Waals surface area contributed by atoms with Crippen molar-refractivity contribution in [2.45, 2.75) is 46.9 Å². The van der Waals surface area contributed by atoms with Gasteiger partial charge in [0.05, 0.1) is 54.4 Å². The third kappa shape index (κ3) is 9.54. The van der Waals surface area contributed by atoms with E-state index in [-0.39, 0.29) is 32.2 Å². The Hall–Kier alpha value is -6.45. The molecule has 5 rings (SSSR count). The molecule has 0 unspecified atom stereocenters. The topological polar surface area (TPSA) is 166 Å². The van der Waals surface area contributed by atoms with Crippen LogP contribution in [0.3, 0.4) is 0 Å². The second-order valence-electron chi connectivity index (χ2n) is 10.6. The van der Waals surface area contributed by atoms with Crippen LogP contribution in [0.25, 0.3) is 4.85 Å². The summed E-state index contributed by atoms with van der Waals surface area (Å²) in [6.45, 7) is 10.7. The highest BCUT2D eigenvalue weighted by Crippen LogP contribution is 2.28. The number of nitriles is 2. The highest BCUT2D eigenvalue weighted by molar-refractivity contribution is 5.46. The molecule has 0 aliphatic heterocycles. The Morgan fingerprint density at radius 1 is 0.673 bits per heavy atom. The summed E-state index contributed by atoms with van der Waals surface area (Å²) in [6, 6.07) is 24.8. The van der Waals surface area contributed by atoms with Crippen LogP contribution in [0, 0.1) is 43.1 Å². The van der Waals surface area contributed by atoms with Gasteiger partial charge in [0.1, 0.15) is 42.8 Å². The van der Waals surface area contributed by atoms with E-state index in [4.69, 9.17) is 31.3 Å². The first-order valence-electron chi connectivity index (χ1n) is 15.0. The van der Waals surface area contributed by atoms with E-state index >= 15 is 0 Å². The number of aromatic hydroxyl groups is 1. The first-order chi connectivity index (χ1) is 23.8. The highest BCUT2D eigenvalue weighted by Gasteiger charge is 2.15. The fourth-order valence-corrected chi connectivity index (χ4v) is 4.55. The Kier molecular flexibility index (Phi) is 12.6. The number of benzene rings is 3. The SMILES string of the molecule is Cc1ncc(COc2ccc(C#N)cc2)c(CO)c1O.[C-]#[N+]c1ccc(COc2c(C)ncc(COc3ccc(C#N)cc3)c2CO)cc1. The van der Waals surface area contributed by atoms with Gasteiger partial charge >= 0.3 is 0 Å². The minimum Gasteiger partial charge on any atom is -0.506 e. The van der Waals surface area contributed by atoms with Gasteiger partial charge in [0.15, 0.2) is 5.69 Å². The zero-order valence-corrected chi connectivity index (χ0v) is 26.9. The lowest BCUT2D eigenvalue weighted by Crippen LogP contribution is -2.07. The minimum absolute atomic E-state index is 0.00608. The number of hydrogen-bond acceptors (Lipinski definition) is 10. The van der Waals surface area contributed by atoms with Crippen LogP contribution in [-0.4, -0.2) is 25.3 Å². The molecule has 0 aliphatic carbocycles. The van der Waals surface area contributed by atoms with Crippen LogP contribution in [0.1, 0.15) is 50.3 Å². The molecule has 246 valence electrons. The van der Waals surface area contributed by atoms with Crippen molar-refractivity contribution in [2.75, 3.05) is 0 Å². The Morgan fingerprint density at radius 3 is 1.63 bits per heavy atom. The number of aliphatic hydroxyl groups excluding tert-OH is 2. The minimum atomic E-state index is -0.277. The lowest BCUT2D eigenvalue weighted by Gasteiger charge is -2.16. The molecule has 0 atom stereocenters. The van der Waals surface area contributed by atoms with E-state index < -0.39 is 0 Å². The molecule has 2 aromatic heterocycles. The molecule has 0 spiro atoms. The zero-order chi connectivity index (χ0) is 35.2. The van der Waals surface area contributed by atoms with Gasteiger partial charge in [0.2, 0.25) is 0 Å². The van der Waals surface area contributed by atoms with Gasteiger partial charge in [-0.15, -0.1) is 0 Å². The highest BCUT2D eigenvalue weighted by atomic mass is 16.5. The molecule has 11 nitrogen and oxygen atoms in total. The van der Waals surface area contributed by atoms with Gasteiger partial charge in [-0.25, -0.2) is 4.85 Å². The maximum Gasteiger partial charge on any atom is 0.187 e. The number of pyridine rings is 2. The largest absolute Gasteiger partial charge is 0.506 e. The zero-order valence-electron chi connectivity index (χ0n) is 26.9. The van der Waals surface area contributed by atoms with Gasteiger partial charge in [-0.05, 0) is 67.9 Å². The summed E-state index contributed by atoms with van der Waals surface area (Å²) < 4.78 is 17.3. The molecule has 0 radical (unpaired) electrons. The molecule has 49 heavy (non-hydrogen) atoms. The van der Waals surface area contributed by atoms with E-state index in [9.17, 15) is 15.3 Å². The predicted molar refractivity (Wildman–Crippen MR) is 179 cm³/mol. The molecular weight excluding hydrogens is 622 g/mol. The average molecular weight is 656 g/mol. The molecule has 3 N–H and O–H groups in total. The van der Waals surface area contributed by atoms with Crippen molar-refractivity contribution in [3.8, 4) is 35.1 Å².